The quantitative estimate of drug-likeness (QED) is 0.0145. The molecule has 8 atom stereocenters. The predicted octanol–water partition coefficient (Wildman–Crippen LogP) is 11.8. The fourth-order valence-electron chi connectivity index (χ4n) is 7.78. The van der Waals surface area contributed by atoms with Crippen LogP contribution in [0.25, 0.3) is 0 Å². The van der Waals surface area contributed by atoms with Crippen molar-refractivity contribution in [3.63, 3.8) is 0 Å². The van der Waals surface area contributed by atoms with Gasteiger partial charge in [0.2, 0.25) is 0 Å². The number of carbonyl (C=O) groups is 2. The molecule has 0 amide bonds. The van der Waals surface area contributed by atoms with E-state index in [0.717, 1.165) is 70.6 Å². The molecule has 0 aromatic heterocycles. The highest BCUT2D eigenvalue weighted by Gasteiger charge is 2.51. The van der Waals surface area contributed by atoms with Gasteiger partial charge in [0.15, 0.2) is 6.10 Å². The first-order chi connectivity index (χ1) is 33.4. The second kappa shape index (κ2) is 44.0. The molecule has 14 heteroatoms. The zero-order valence-corrected chi connectivity index (χ0v) is 43.5. The van der Waals surface area contributed by atoms with Crippen molar-refractivity contribution in [1.82, 2.24) is 0 Å². The van der Waals surface area contributed by atoms with Crippen molar-refractivity contribution in [1.29, 1.82) is 0 Å². The van der Waals surface area contributed by atoms with Gasteiger partial charge < -0.3 is 39.9 Å². The van der Waals surface area contributed by atoms with E-state index in [0.29, 0.717) is 12.8 Å². The topological polar surface area (TPSA) is 210 Å². The number of hydrogen-bond acceptors (Lipinski definition) is 12. The Hall–Kier alpha value is -2.71. The highest BCUT2D eigenvalue weighted by molar-refractivity contribution is 7.47. The molecule has 1 aliphatic rings. The number of ether oxygens (including phenoxy) is 2. The Labute approximate surface area is 416 Å². The molecule has 1 rings (SSSR count). The average molecular weight is 995 g/mol. The van der Waals surface area contributed by atoms with E-state index in [1.807, 2.05) is 0 Å². The minimum Gasteiger partial charge on any atom is -0.462 e. The van der Waals surface area contributed by atoms with Gasteiger partial charge in [-0.2, -0.15) is 0 Å². The summed E-state index contributed by atoms with van der Waals surface area (Å²) in [4.78, 5) is 35.9. The summed E-state index contributed by atoms with van der Waals surface area (Å²) in [5, 5.41) is 50.3. The van der Waals surface area contributed by atoms with Crippen LogP contribution in [-0.4, -0.2) is 98.3 Å². The molecule has 0 bridgehead atoms. The molecule has 0 aromatic carbocycles. The molecule has 0 aliphatic heterocycles. The number of aliphatic hydroxyl groups excluding tert-OH is 5. The molecule has 6 N–H and O–H groups in total. The molecule has 69 heavy (non-hydrogen) atoms. The summed E-state index contributed by atoms with van der Waals surface area (Å²) in [5.41, 5.74) is 0. The van der Waals surface area contributed by atoms with Gasteiger partial charge in [-0.3, -0.25) is 18.6 Å². The molecule has 0 spiro atoms. The molecular weight excluding hydrogens is 900 g/mol. The van der Waals surface area contributed by atoms with Crippen molar-refractivity contribution < 1.29 is 63.1 Å². The van der Waals surface area contributed by atoms with Gasteiger partial charge in [0.1, 0.15) is 43.2 Å². The monoisotopic (exact) mass is 995 g/mol. The maximum Gasteiger partial charge on any atom is 0.472 e. The van der Waals surface area contributed by atoms with E-state index < -0.39 is 75.7 Å². The van der Waals surface area contributed by atoms with Crippen LogP contribution in [0.5, 0.6) is 0 Å². The number of phosphoric acid groups is 1. The Balaban J connectivity index is 2.40. The Kier molecular flexibility index (Phi) is 41.0. The lowest BCUT2D eigenvalue weighted by molar-refractivity contribution is -0.220. The first-order valence-electron chi connectivity index (χ1n) is 26.7. The zero-order chi connectivity index (χ0) is 50.6. The van der Waals surface area contributed by atoms with Crippen molar-refractivity contribution in [3.05, 3.63) is 72.9 Å². The predicted molar refractivity (Wildman–Crippen MR) is 276 cm³/mol. The van der Waals surface area contributed by atoms with Gasteiger partial charge in [0.05, 0.1) is 6.61 Å². The van der Waals surface area contributed by atoms with Gasteiger partial charge >= 0.3 is 19.8 Å². The van der Waals surface area contributed by atoms with Gasteiger partial charge in [0.25, 0.3) is 0 Å². The normalized spacial score (nSPS) is 21.4. The zero-order valence-electron chi connectivity index (χ0n) is 42.6. The summed E-state index contributed by atoms with van der Waals surface area (Å²) in [5.74, 6) is -1.14. The summed E-state index contributed by atoms with van der Waals surface area (Å²) in [6.07, 6.45) is 43.7. The molecule has 13 nitrogen and oxygen atoms in total. The van der Waals surface area contributed by atoms with E-state index in [1.165, 1.54) is 96.3 Å². The first kappa shape index (κ1) is 64.3. The van der Waals surface area contributed by atoms with Crippen LogP contribution in [0, 0.1) is 0 Å². The SMILES string of the molecule is CC/C=C/C/C=C/C/C=C/C/C=C/C/C=C/CCCCCC(=O)O[C@@H](COC(=O)CCCCCCCCCCCCC/C=C/CCCCCCCC)COP(=O)(O)OC1C(O)C(O)C(O)[C@H](O)C1O. The summed E-state index contributed by atoms with van der Waals surface area (Å²) in [6, 6.07) is 0. The lowest BCUT2D eigenvalue weighted by Crippen LogP contribution is -2.64. The number of phosphoric ester groups is 1. The fourth-order valence-corrected chi connectivity index (χ4v) is 8.75. The smallest absolute Gasteiger partial charge is 0.462 e. The molecule has 1 saturated carbocycles. The molecular formula is C55H95O13P. The minimum absolute atomic E-state index is 0.0548. The average Bonchev–Trinajstić information content (AvgIpc) is 3.33. The summed E-state index contributed by atoms with van der Waals surface area (Å²) in [6.45, 7) is 3.18. The van der Waals surface area contributed by atoms with E-state index >= 15 is 0 Å². The molecule has 1 aliphatic carbocycles. The Morgan fingerprint density at radius 1 is 0.464 bits per heavy atom. The lowest BCUT2D eigenvalue weighted by atomic mass is 9.85. The van der Waals surface area contributed by atoms with Crippen LogP contribution < -0.4 is 0 Å². The number of aliphatic hydroxyl groups is 5. The van der Waals surface area contributed by atoms with Gasteiger partial charge in [-0.15, -0.1) is 0 Å². The minimum atomic E-state index is -5.14. The summed E-state index contributed by atoms with van der Waals surface area (Å²) >= 11 is 0. The van der Waals surface area contributed by atoms with Gasteiger partial charge in [-0.1, -0.05) is 183 Å². The Morgan fingerprint density at radius 2 is 0.826 bits per heavy atom. The maximum atomic E-state index is 12.9. The molecule has 0 aromatic rings. The molecule has 0 heterocycles. The number of allylic oxidation sites excluding steroid dienone is 12. The largest absolute Gasteiger partial charge is 0.472 e. The van der Waals surface area contributed by atoms with Gasteiger partial charge in [-0.05, 0) is 83.5 Å². The van der Waals surface area contributed by atoms with Crippen molar-refractivity contribution in [2.24, 2.45) is 0 Å². The molecule has 398 valence electrons. The Bertz CT molecular complexity index is 1480. The van der Waals surface area contributed by atoms with Crippen LogP contribution in [0.3, 0.4) is 0 Å². The molecule has 6 unspecified atom stereocenters. The Morgan fingerprint density at radius 3 is 1.29 bits per heavy atom. The van der Waals surface area contributed by atoms with Gasteiger partial charge in [0, 0.05) is 12.8 Å². The molecule has 0 radical (unpaired) electrons. The third-order valence-corrected chi connectivity index (χ3v) is 13.0. The van der Waals surface area contributed by atoms with E-state index in [4.69, 9.17) is 18.5 Å². The maximum absolute atomic E-state index is 12.9. The molecule has 1 fully saturated rings. The number of unbranched alkanes of at least 4 members (excludes halogenated alkanes) is 20. The van der Waals surface area contributed by atoms with Crippen molar-refractivity contribution in [2.75, 3.05) is 13.2 Å². The number of esters is 2. The number of rotatable bonds is 44. The highest BCUT2D eigenvalue weighted by atomic mass is 31.2. The third-order valence-electron chi connectivity index (χ3n) is 12.0. The number of carbonyl (C=O) groups excluding carboxylic acids is 2. The van der Waals surface area contributed by atoms with Crippen LogP contribution in [0.2, 0.25) is 0 Å². The summed E-state index contributed by atoms with van der Waals surface area (Å²) in [7, 11) is -5.14. The first-order valence-corrected chi connectivity index (χ1v) is 28.2. The van der Waals surface area contributed by atoms with E-state index in [-0.39, 0.29) is 12.8 Å². The second-order valence-electron chi connectivity index (χ2n) is 18.3. The fraction of sp³-hybridized carbons (Fsp3) is 0.745. The van der Waals surface area contributed by atoms with Crippen molar-refractivity contribution >= 4 is 19.8 Å². The van der Waals surface area contributed by atoms with Crippen molar-refractivity contribution in [2.45, 2.75) is 249 Å². The third kappa shape index (κ3) is 36.0. The van der Waals surface area contributed by atoms with E-state index in [1.54, 1.807) is 0 Å². The number of hydrogen-bond donors (Lipinski definition) is 6. The van der Waals surface area contributed by atoms with Crippen molar-refractivity contribution in [3.8, 4) is 0 Å². The summed E-state index contributed by atoms with van der Waals surface area (Å²) < 4.78 is 33.6. The van der Waals surface area contributed by atoms with Crippen LogP contribution in [0.1, 0.15) is 206 Å². The molecule has 0 saturated heterocycles. The van der Waals surface area contributed by atoms with Crippen LogP contribution in [-0.2, 0) is 32.7 Å². The second-order valence-corrected chi connectivity index (χ2v) is 19.8. The lowest BCUT2D eigenvalue weighted by Gasteiger charge is -2.41. The van der Waals surface area contributed by atoms with Crippen LogP contribution >= 0.6 is 7.82 Å². The highest BCUT2D eigenvalue weighted by Crippen LogP contribution is 2.47. The standard InChI is InChI=1S/C55H95O13P/c1-3-5-7-9-11-13-15-17-19-21-23-24-26-27-29-31-33-35-37-39-41-43-48(56)65-45-47(46-66-69(63,64)68-55-53(61)51(59)50(58)52(60)54(55)62)67-49(57)44-42-40-38-36-34-32-30-28-25-22-20-18-16-14-12-10-8-6-4-2/h6,8,12,14,17-20,25,28,32,34,47,50-55,58-62H,3-5,7,9-11,13,15-16,21-24,26-27,29-31,33,35-46H2,1-2H3,(H,63,64)/b8-6+,14-12+,19-17+,20-18+,28-25+,34-32+/t47-,50?,51-,52?,53?,54?,55?/m0/s1. The van der Waals surface area contributed by atoms with E-state index in [2.05, 4.69) is 86.8 Å². The van der Waals surface area contributed by atoms with E-state index in [9.17, 15) is 44.6 Å². The van der Waals surface area contributed by atoms with Gasteiger partial charge in [-0.25, -0.2) is 4.57 Å². The van der Waals surface area contributed by atoms with Crippen LogP contribution in [0.4, 0.5) is 0 Å². The van der Waals surface area contributed by atoms with Crippen LogP contribution in [0.15, 0.2) is 72.9 Å².